The first-order chi connectivity index (χ1) is 4.35. The third-order valence-electron chi connectivity index (χ3n) is 1.18. The van der Waals surface area contributed by atoms with Crippen LogP contribution in [0.1, 0.15) is 26.7 Å². The molecule has 0 fully saturated rings. The predicted molar refractivity (Wildman–Crippen MR) is 37.5 cm³/mol. The van der Waals surface area contributed by atoms with Gasteiger partial charge in [-0.1, -0.05) is 12.8 Å². The van der Waals surface area contributed by atoms with Gasteiger partial charge in [0.2, 0.25) is 0 Å². The van der Waals surface area contributed by atoms with Crippen molar-refractivity contribution in [3.8, 4) is 17.9 Å². The van der Waals surface area contributed by atoms with Gasteiger partial charge in [0, 0.05) is 12.3 Å². The van der Waals surface area contributed by atoms with Gasteiger partial charge in [0.25, 0.3) is 0 Å². The van der Waals surface area contributed by atoms with Gasteiger partial charge >= 0.3 is 0 Å². The average Bonchev–Trinajstić information content (AvgIpc) is 1.88. The van der Waals surface area contributed by atoms with E-state index in [-0.39, 0.29) is 0 Å². The Morgan fingerprint density at radius 3 is 2.56 bits per heavy atom. The van der Waals surface area contributed by atoms with Crippen LogP contribution in [0.4, 0.5) is 0 Å². The maximum Gasteiger partial charge on any atom is 0.0634 e. The van der Waals surface area contributed by atoms with Crippen molar-refractivity contribution in [3.05, 3.63) is 0 Å². The van der Waals surface area contributed by atoms with Gasteiger partial charge in [-0.05, 0) is 13.3 Å². The predicted octanol–water partition coefficient (Wildman–Crippen LogP) is 1.95. The lowest BCUT2D eigenvalue weighted by atomic mass is 10.0. The van der Waals surface area contributed by atoms with Crippen molar-refractivity contribution in [1.29, 1.82) is 5.26 Å². The summed E-state index contributed by atoms with van der Waals surface area (Å²) in [7, 11) is 0. The molecule has 0 radical (unpaired) electrons. The van der Waals surface area contributed by atoms with Crippen LogP contribution in [0.15, 0.2) is 0 Å². The molecule has 0 aromatic carbocycles. The van der Waals surface area contributed by atoms with Gasteiger partial charge in [0.05, 0.1) is 6.07 Å². The summed E-state index contributed by atoms with van der Waals surface area (Å²) in [6.45, 7) is 3.85. The first-order valence-corrected chi connectivity index (χ1v) is 3.14. The van der Waals surface area contributed by atoms with Gasteiger partial charge < -0.3 is 0 Å². The average molecular weight is 121 g/mol. The Labute approximate surface area is 56.7 Å². The molecule has 1 atom stereocenters. The molecule has 1 heteroatoms. The van der Waals surface area contributed by atoms with Crippen molar-refractivity contribution < 1.29 is 0 Å². The minimum atomic E-state index is 0.292. The minimum absolute atomic E-state index is 0.292. The van der Waals surface area contributed by atoms with E-state index in [1.54, 1.807) is 6.92 Å². The van der Waals surface area contributed by atoms with Crippen LogP contribution in [-0.4, -0.2) is 0 Å². The van der Waals surface area contributed by atoms with Crippen LogP contribution < -0.4 is 0 Å². The van der Waals surface area contributed by atoms with Gasteiger partial charge in [-0.15, -0.1) is 5.92 Å². The minimum Gasteiger partial charge on any atom is -0.198 e. The second-order valence-corrected chi connectivity index (χ2v) is 1.86. The number of rotatable bonds is 2. The molecule has 0 heterocycles. The summed E-state index contributed by atoms with van der Waals surface area (Å²) >= 11 is 0. The van der Waals surface area contributed by atoms with E-state index in [0.29, 0.717) is 12.3 Å². The first kappa shape index (κ1) is 8.05. The summed E-state index contributed by atoms with van der Waals surface area (Å²) in [4.78, 5) is 0. The van der Waals surface area contributed by atoms with Crippen LogP contribution in [0.25, 0.3) is 0 Å². The van der Waals surface area contributed by atoms with Crippen LogP contribution in [0.3, 0.4) is 0 Å². The molecule has 0 unspecified atom stereocenters. The summed E-state index contributed by atoms with van der Waals surface area (Å²) in [6, 6.07) is 2.10. The lowest BCUT2D eigenvalue weighted by Crippen LogP contribution is -1.91. The zero-order valence-corrected chi connectivity index (χ0v) is 5.94. The molecule has 9 heavy (non-hydrogen) atoms. The van der Waals surface area contributed by atoms with E-state index in [1.807, 2.05) is 6.92 Å². The van der Waals surface area contributed by atoms with Crippen LogP contribution in [-0.2, 0) is 0 Å². The first-order valence-electron chi connectivity index (χ1n) is 3.14. The molecule has 1 nitrogen and oxygen atoms in total. The summed E-state index contributed by atoms with van der Waals surface area (Å²) in [5, 5.41) is 8.28. The molecule has 48 valence electrons. The Morgan fingerprint density at radius 2 is 2.22 bits per heavy atom. The van der Waals surface area contributed by atoms with Gasteiger partial charge in [0.15, 0.2) is 0 Å². The Morgan fingerprint density at radius 1 is 1.56 bits per heavy atom. The summed E-state index contributed by atoms with van der Waals surface area (Å²) in [5.74, 6) is 6.05. The highest BCUT2D eigenvalue weighted by atomic mass is 14.2. The van der Waals surface area contributed by atoms with E-state index in [2.05, 4.69) is 17.9 Å². The molecule has 0 aromatic heterocycles. The number of nitriles is 1. The Kier molecular flexibility index (Phi) is 4.64. The third kappa shape index (κ3) is 3.62. The highest BCUT2D eigenvalue weighted by molar-refractivity contribution is 5.02. The molecule has 0 spiro atoms. The molecule has 0 N–H and O–H groups in total. The van der Waals surface area contributed by atoms with E-state index in [0.717, 1.165) is 6.42 Å². The SMILES string of the molecule is CC#C[C@H](CC)CC#N. The standard InChI is InChI=1S/C8H11N/c1-3-5-8(4-2)6-7-9/h8H,4,6H2,1-2H3/t8-/m0/s1. The fraction of sp³-hybridized carbons (Fsp3) is 0.625. The molecule has 0 bridgehead atoms. The molecule has 0 saturated heterocycles. The van der Waals surface area contributed by atoms with Gasteiger partial charge in [-0.25, -0.2) is 0 Å². The largest absolute Gasteiger partial charge is 0.198 e. The quantitative estimate of drug-likeness (QED) is 0.512. The van der Waals surface area contributed by atoms with Gasteiger partial charge in [-0.2, -0.15) is 5.26 Å². The van der Waals surface area contributed by atoms with Crippen molar-refractivity contribution in [3.63, 3.8) is 0 Å². The summed E-state index contributed by atoms with van der Waals surface area (Å²) < 4.78 is 0. The van der Waals surface area contributed by atoms with Crippen LogP contribution in [0, 0.1) is 29.1 Å². The summed E-state index contributed by atoms with van der Waals surface area (Å²) in [5.41, 5.74) is 0. The third-order valence-corrected chi connectivity index (χ3v) is 1.18. The zero-order chi connectivity index (χ0) is 7.11. The smallest absolute Gasteiger partial charge is 0.0634 e. The Balaban J connectivity index is 3.67. The topological polar surface area (TPSA) is 23.8 Å². The molecule has 0 aromatic rings. The fourth-order valence-corrected chi connectivity index (χ4v) is 0.612. The zero-order valence-electron chi connectivity index (χ0n) is 5.94. The van der Waals surface area contributed by atoms with Crippen molar-refractivity contribution in [2.75, 3.05) is 0 Å². The van der Waals surface area contributed by atoms with Gasteiger partial charge in [0.1, 0.15) is 0 Å². The van der Waals surface area contributed by atoms with E-state index >= 15 is 0 Å². The second-order valence-electron chi connectivity index (χ2n) is 1.86. The summed E-state index contributed by atoms with van der Waals surface area (Å²) in [6.07, 6.45) is 1.55. The van der Waals surface area contributed by atoms with E-state index in [9.17, 15) is 0 Å². The molecular formula is C8H11N. The Bertz CT molecular complexity index is 154. The van der Waals surface area contributed by atoms with Crippen LogP contribution in [0.2, 0.25) is 0 Å². The van der Waals surface area contributed by atoms with Crippen molar-refractivity contribution >= 4 is 0 Å². The molecule has 0 aliphatic heterocycles. The molecule has 0 aliphatic carbocycles. The van der Waals surface area contributed by atoms with Gasteiger partial charge in [-0.3, -0.25) is 0 Å². The molecule has 0 saturated carbocycles. The van der Waals surface area contributed by atoms with Crippen LogP contribution in [0.5, 0.6) is 0 Å². The monoisotopic (exact) mass is 121 g/mol. The normalized spacial score (nSPS) is 10.8. The second kappa shape index (κ2) is 5.19. The molecular weight excluding hydrogens is 110 g/mol. The van der Waals surface area contributed by atoms with Crippen molar-refractivity contribution in [2.24, 2.45) is 5.92 Å². The maximum absolute atomic E-state index is 8.28. The van der Waals surface area contributed by atoms with E-state index in [4.69, 9.17) is 5.26 Å². The molecule has 0 amide bonds. The van der Waals surface area contributed by atoms with E-state index in [1.165, 1.54) is 0 Å². The molecule has 0 aliphatic rings. The Hall–Kier alpha value is -0.950. The lowest BCUT2D eigenvalue weighted by Gasteiger charge is -1.97. The number of nitrogens with zero attached hydrogens (tertiary/aromatic N) is 1. The van der Waals surface area contributed by atoms with Crippen LogP contribution >= 0.6 is 0 Å². The van der Waals surface area contributed by atoms with E-state index < -0.39 is 0 Å². The van der Waals surface area contributed by atoms with Crippen molar-refractivity contribution in [1.82, 2.24) is 0 Å². The van der Waals surface area contributed by atoms with Crippen molar-refractivity contribution in [2.45, 2.75) is 26.7 Å². The lowest BCUT2D eigenvalue weighted by molar-refractivity contribution is 0.667. The number of hydrogen-bond acceptors (Lipinski definition) is 1. The number of hydrogen-bond donors (Lipinski definition) is 0. The molecule has 0 rings (SSSR count). The fourth-order valence-electron chi connectivity index (χ4n) is 0.612. The highest BCUT2D eigenvalue weighted by Crippen LogP contribution is 2.03. The highest BCUT2D eigenvalue weighted by Gasteiger charge is 1.97. The maximum atomic E-state index is 8.28.